The van der Waals surface area contributed by atoms with E-state index < -0.39 is 22.0 Å². The number of H-pyrrole nitrogens is 1. The molecule has 0 radical (unpaired) electrons. The van der Waals surface area contributed by atoms with Crippen LogP contribution in [0.4, 0.5) is 0 Å². The van der Waals surface area contributed by atoms with Crippen LogP contribution in [0, 0.1) is 18.8 Å². The number of aromatic amines is 1. The number of aromatic hydroxyl groups is 1. The molecule has 9 heteroatoms. The van der Waals surface area contributed by atoms with E-state index in [1.165, 1.54) is 18.2 Å². The van der Waals surface area contributed by atoms with Gasteiger partial charge in [-0.15, -0.1) is 11.3 Å². The molecule has 4 N–H and O–H groups in total. The number of aromatic nitrogens is 1. The van der Waals surface area contributed by atoms with Crippen molar-refractivity contribution in [3.8, 4) is 17.6 Å². The van der Waals surface area contributed by atoms with E-state index in [-0.39, 0.29) is 17.8 Å². The van der Waals surface area contributed by atoms with Gasteiger partial charge >= 0.3 is 5.97 Å². The number of phenols is 1. The van der Waals surface area contributed by atoms with Crippen molar-refractivity contribution in [2.75, 3.05) is 0 Å². The quantitative estimate of drug-likeness (QED) is 0.311. The molecular weight excluding hydrogens is 460 g/mol. The summed E-state index contributed by atoms with van der Waals surface area (Å²) in [5.41, 5.74) is 3.22. The molecule has 0 aliphatic carbocycles. The number of hydrogen-bond donors (Lipinski definition) is 4. The van der Waals surface area contributed by atoms with Gasteiger partial charge in [-0.25, -0.2) is 8.42 Å². The number of carbonyl (C=O) groups is 1. The van der Waals surface area contributed by atoms with E-state index in [0.717, 1.165) is 22.5 Å². The van der Waals surface area contributed by atoms with Gasteiger partial charge in [-0.3, -0.25) is 4.79 Å². The van der Waals surface area contributed by atoms with Gasteiger partial charge in [0.15, 0.2) is 0 Å². The van der Waals surface area contributed by atoms with Crippen LogP contribution in [0.3, 0.4) is 0 Å². The highest BCUT2D eigenvalue weighted by Crippen LogP contribution is 2.25. The summed E-state index contributed by atoms with van der Waals surface area (Å²) in [5.74, 6) is 4.67. The predicted octanol–water partition coefficient (Wildman–Crippen LogP) is 3.86. The van der Waals surface area contributed by atoms with Crippen LogP contribution >= 0.6 is 11.3 Å². The molecule has 0 spiro atoms. The first kappa shape index (κ1) is 22.6. The lowest BCUT2D eigenvalue weighted by Gasteiger charge is -2.13. The van der Waals surface area contributed by atoms with Crippen molar-refractivity contribution in [1.29, 1.82) is 0 Å². The third-order valence-electron chi connectivity index (χ3n) is 5.00. The molecule has 0 fully saturated rings. The molecule has 0 aliphatic heterocycles. The number of hydrogen-bond acceptors (Lipinski definition) is 5. The summed E-state index contributed by atoms with van der Waals surface area (Å²) >= 11 is 0.972. The first-order chi connectivity index (χ1) is 15.7. The highest BCUT2D eigenvalue weighted by molar-refractivity contribution is 7.91. The summed E-state index contributed by atoms with van der Waals surface area (Å²) in [6.45, 7) is 1.98. The molecule has 33 heavy (non-hydrogen) atoms. The number of aryl methyl sites for hydroxylation is 1. The number of benzene rings is 2. The Hall–Kier alpha value is -3.58. The van der Waals surface area contributed by atoms with E-state index in [1.807, 2.05) is 31.2 Å². The molecule has 2 aromatic heterocycles. The maximum Gasteiger partial charge on any atom is 0.322 e. The summed E-state index contributed by atoms with van der Waals surface area (Å²) in [5, 5.41) is 20.0. The van der Waals surface area contributed by atoms with E-state index in [9.17, 15) is 23.4 Å². The number of nitrogens with one attached hydrogen (secondary N) is 2. The molecule has 0 amide bonds. The molecule has 2 heterocycles. The Kier molecular flexibility index (Phi) is 6.24. The highest BCUT2D eigenvalue weighted by Gasteiger charge is 2.27. The number of phenolic OH excluding ortho intramolecular Hbond substituents is 1. The third-order valence-corrected chi connectivity index (χ3v) is 7.96. The summed E-state index contributed by atoms with van der Waals surface area (Å²) in [4.78, 5) is 15.4. The van der Waals surface area contributed by atoms with Crippen LogP contribution in [-0.4, -0.2) is 35.6 Å². The lowest BCUT2D eigenvalue weighted by Crippen LogP contribution is -2.41. The number of thiophene rings is 1. The average Bonchev–Trinajstić information content (AvgIpc) is 3.40. The monoisotopic (exact) mass is 482 g/mol. The van der Waals surface area contributed by atoms with Crippen LogP contribution in [0.15, 0.2) is 65.0 Å². The topological polar surface area (TPSA) is 119 Å². The summed E-state index contributed by atoms with van der Waals surface area (Å²) in [6.07, 6.45) is 1.52. The summed E-state index contributed by atoms with van der Waals surface area (Å²) in [6, 6.07) is 14.0. The van der Waals surface area contributed by atoms with Crippen molar-refractivity contribution >= 4 is 38.2 Å². The fourth-order valence-corrected chi connectivity index (χ4v) is 5.65. The molecule has 0 unspecified atom stereocenters. The van der Waals surface area contributed by atoms with Crippen molar-refractivity contribution in [3.63, 3.8) is 0 Å². The van der Waals surface area contributed by atoms with Crippen LogP contribution in [0.5, 0.6) is 5.75 Å². The number of carboxylic acids is 1. The van der Waals surface area contributed by atoms with Gasteiger partial charge in [0.25, 0.3) is 10.0 Å². The SMILES string of the molecule is Cc1ccc(C#Cc2ccc(S(=O)(=O)N[C@H](Cc3c[nH]c4ccc(O)cc34)C(=O)O)s2)cc1.[HH]. The van der Waals surface area contributed by atoms with Gasteiger partial charge in [0.2, 0.25) is 0 Å². The zero-order valence-corrected chi connectivity index (χ0v) is 19.1. The first-order valence-corrected chi connectivity index (χ1v) is 12.2. The third kappa shape index (κ3) is 5.26. The molecule has 4 rings (SSSR count). The minimum Gasteiger partial charge on any atom is -0.508 e. The molecule has 1 atom stereocenters. The number of sulfonamides is 1. The first-order valence-electron chi connectivity index (χ1n) is 9.94. The lowest BCUT2D eigenvalue weighted by atomic mass is 10.1. The highest BCUT2D eigenvalue weighted by atomic mass is 32.2. The number of aliphatic carboxylic acids is 1. The molecule has 0 saturated carbocycles. The van der Waals surface area contributed by atoms with Crippen molar-refractivity contribution < 1.29 is 24.9 Å². The van der Waals surface area contributed by atoms with Crippen molar-refractivity contribution in [2.45, 2.75) is 23.6 Å². The molecule has 0 bridgehead atoms. The molecule has 0 saturated heterocycles. The number of carboxylic acid groups (broad SMARTS) is 1. The largest absolute Gasteiger partial charge is 0.508 e. The Labute approximate surface area is 196 Å². The summed E-state index contributed by atoms with van der Waals surface area (Å²) in [7, 11) is -4.08. The molecule has 2 aromatic carbocycles. The maximum atomic E-state index is 12.9. The zero-order chi connectivity index (χ0) is 23.6. The second-order valence-electron chi connectivity index (χ2n) is 7.49. The Morgan fingerprint density at radius 2 is 1.91 bits per heavy atom. The standard InChI is InChI=1S/C24H20N2O5S2.H2/c1-15-2-4-16(5-3-15)6-8-19-9-11-23(32-19)33(30,31)26-22(24(28)29)12-17-14-25-21-10-7-18(27)13-20(17)21;/h2-5,7,9-11,13-14,22,25-27H,12H2,1H3,(H,28,29);1H/t22-;/m1./s1. The van der Waals surface area contributed by atoms with Gasteiger partial charge in [0.05, 0.1) is 4.88 Å². The number of fused-ring (bicyclic) bond motifs is 1. The normalized spacial score (nSPS) is 12.3. The fraction of sp³-hybridized carbons (Fsp3) is 0.125. The molecule has 4 aromatic rings. The molecule has 170 valence electrons. The van der Waals surface area contributed by atoms with E-state index in [0.29, 0.717) is 21.3 Å². The Bertz CT molecular complexity index is 1500. The van der Waals surface area contributed by atoms with E-state index >= 15 is 0 Å². The number of rotatable bonds is 6. The minimum absolute atomic E-state index is 0. The van der Waals surface area contributed by atoms with Crippen molar-refractivity contribution in [3.05, 3.63) is 82.4 Å². The Morgan fingerprint density at radius 3 is 2.64 bits per heavy atom. The van der Waals surface area contributed by atoms with E-state index in [4.69, 9.17) is 0 Å². The van der Waals surface area contributed by atoms with Crippen LogP contribution in [-0.2, 0) is 21.2 Å². The second-order valence-corrected chi connectivity index (χ2v) is 10.5. The van der Waals surface area contributed by atoms with Crippen LogP contribution < -0.4 is 4.72 Å². The van der Waals surface area contributed by atoms with Crippen LogP contribution in [0.1, 0.15) is 23.0 Å². The second kappa shape index (κ2) is 9.11. The Balaban J connectivity index is 0.00000324. The van der Waals surface area contributed by atoms with Crippen molar-refractivity contribution in [1.82, 2.24) is 9.71 Å². The zero-order valence-electron chi connectivity index (χ0n) is 17.5. The summed E-state index contributed by atoms with van der Waals surface area (Å²) < 4.78 is 28.0. The molecule has 0 aliphatic rings. The van der Waals surface area contributed by atoms with E-state index in [1.54, 1.807) is 18.3 Å². The van der Waals surface area contributed by atoms with Gasteiger partial charge in [-0.2, -0.15) is 4.72 Å². The van der Waals surface area contributed by atoms with Crippen LogP contribution in [0.25, 0.3) is 10.9 Å². The van der Waals surface area contributed by atoms with E-state index in [2.05, 4.69) is 21.5 Å². The van der Waals surface area contributed by atoms with Gasteiger partial charge in [-0.05, 0) is 55.0 Å². The van der Waals surface area contributed by atoms with Crippen LogP contribution in [0.2, 0.25) is 0 Å². The molecular formula is C24H22N2O5S2. The minimum atomic E-state index is -4.08. The molecule has 7 nitrogen and oxygen atoms in total. The van der Waals surface area contributed by atoms with Crippen molar-refractivity contribution in [2.24, 2.45) is 0 Å². The Morgan fingerprint density at radius 1 is 1.15 bits per heavy atom. The smallest absolute Gasteiger partial charge is 0.322 e. The van der Waals surface area contributed by atoms with Gasteiger partial charge in [0, 0.05) is 30.5 Å². The van der Waals surface area contributed by atoms with Gasteiger partial charge in [-0.1, -0.05) is 29.5 Å². The average molecular weight is 483 g/mol. The van der Waals surface area contributed by atoms with Gasteiger partial charge < -0.3 is 15.2 Å². The fourth-order valence-electron chi connectivity index (χ4n) is 3.28. The van der Waals surface area contributed by atoms with Gasteiger partial charge in [0.1, 0.15) is 16.0 Å². The predicted molar refractivity (Wildman–Crippen MR) is 129 cm³/mol. The lowest BCUT2D eigenvalue weighted by molar-refractivity contribution is -0.138. The maximum absolute atomic E-state index is 12.9.